The highest BCUT2D eigenvalue weighted by molar-refractivity contribution is 9.10. The van der Waals surface area contributed by atoms with E-state index in [-0.39, 0.29) is 0 Å². The maximum atomic E-state index is 12.5. The molecule has 0 aromatic carbocycles. The Morgan fingerprint density at radius 3 is 2.59 bits per heavy atom. The van der Waals surface area contributed by atoms with Gasteiger partial charge in [-0.15, -0.1) is 0 Å². The van der Waals surface area contributed by atoms with Crippen LogP contribution in [0.3, 0.4) is 0 Å². The van der Waals surface area contributed by atoms with Crippen molar-refractivity contribution in [2.24, 2.45) is 35.5 Å². The number of halogens is 1. The Kier molecular flexibility index (Phi) is 5.98. The van der Waals surface area contributed by atoms with Gasteiger partial charge in [-0.25, -0.2) is 0 Å². The Labute approximate surface area is 183 Å². The van der Waals surface area contributed by atoms with Gasteiger partial charge in [-0.2, -0.15) is 0 Å². The zero-order valence-corrected chi connectivity index (χ0v) is 19.9. The Bertz CT molecular complexity index is 772. The number of aromatic nitrogens is 1. The van der Waals surface area contributed by atoms with Crippen LogP contribution in [0.5, 0.6) is 0 Å². The van der Waals surface area contributed by atoms with Crippen LogP contribution in [0, 0.1) is 35.5 Å². The van der Waals surface area contributed by atoms with Crippen molar-refractivity contribution in [3.05, 3.63) is 28.0 Å². The fourth-order valence-corrected chi connectivity index (χ4v) is 7.06. The molecule has 5 atom stereocenters. The molecule has 4 nitrogen and oxygen atoms in total. The molecule has 2 heterocycles. The number of aryl methyl sites for hydroxylation is 1. The number of carbonyl (C=O) groups is 1. The standard InChI is InChI=1S/C24H36BrN2O2/c1-14(2)11-21(28)26-9-7-17(8-10-26)23-22-16(4)15(3)20(22)6-5-18-12-19(25)13-27(29)24(18)23/h12-17,20,22-23,29H,5-11H2,1-4H3/q+1. The van der Waals surface area contributed by atoms with Crippen molar-refractivity contribution >= 4 is 21.8 Å². The van der Waals surface area contributed by atoms with Crippen LogP contribution in [0.4, 0.5) is 0 Å². The molecule has 1 N–H and O–H groups in total. The molecule has 4 rings (SSSR count). The lowest BCUT2D eigenvalue weighted by atomic mass is 9.51. The maximum Gasteiger partial charge on any atom is 0.240 e. The summed E-state index contributed by atoms with van der Waals surface area (Å²) < 4.78 is 2.36. The molecule has 1 aliphatic heterocycles. The van der Waals surface area contributed by atoms with Crippen LogP contribution in [-0.4, -0.2) is 29.1 Å². The van der Waals surface area contributed by atoms with Gasteiger partial charge >= 0.3 is 0 Å². The molecule has 2 aliphatic carbocycles. The third-order valence-corrected chi connectivity index (χ3v) is 8.63. The van der Waals surface area contributed by atoms with Crippen LogP contribution in [0.25, 0.3) is 0 Å². The van der Waals surface area contributed by atoms with Crippen molar-refractivity contribution in [1.82, 2.24) is 4.90 Å². The molecule has 5 heteroatoms. The van der Waals surface area contributed by atoms with Gasteiger partial charge < -0.3 is 4.90 Å². The van der Waals surface area contributed by atoms with E-state index in [0.717, 1.165) is 54.4 Å². The summed E-state index contributed by atoms with van der Waals surface area (Å²) in [7, 11) is 0. The van der Waals surface area contributed by atoms with E-state index < -0.39 is 0 Å². The van der Waals surface area contributed by atoms with Gasteiger partial charge in [-0.1, -0.05) is 27.7 Å². The Hall–Kier alpha value is -1.10. The molecule has 2 fully saturated rings. The smallest absolute Gasteiger partial charge is 0.240 e. The molecule has 1 aromatic rings. The van der Waals surface area contributed by atoms with E-state index in [4.69, 9.17) is 0 Å². The molecule has 3 aliphatic rings. The summed E-state index contributed by atoms with van der Waals surface area (Å²) in [5, 5.41) is 10.9. The second-order valence-corrected chi connectivity index (χ2v) is 11.2. The van der Waals surface area contributed by atoms with Gasteiger partial charge in [0.1, 0.15) is 0 Å². The lowest BCUT2D eigenvalue weighted by molar-refractivity contribution is -0.911. The number of carbonyl (C=O) groups excluding carboxylic acids is 1. The van der Waals surface area contributed by atoms with Gasteiger partial charge in [0.25, 0.3) is 0 Å². The predicted octanol–water partition coefficient (Wildman–Crippen LogP) is 4.81. The minimum absolute atomic E-state index is 0.310. The minimum Gasteiger partial charge on any atom is -0.343 e. The number of pyridine rings is 1. The molecule has 5 unspecified atom stereocenters. The quantitative estimate of drug-likeness (QED) is 0.516. The van der Waals surface area contributed by atoms with Gasteiger partial charge in [0.15, 0.2) is 0 Å². The van der Waals surface area contributed by atoms with E-state index in [0.29, 0.717) is 41.9 Å². The van der Waals surface area contributed by atoms with Crippen molar-refractivity contribution in [2.45, 2.75) is 65.7 Å². The van der Waals surface area contributed by atoms with E-state index in [9.17, 15) is 10.0 Å². The summed E-state index contributed by atoms with van der Waals surface area (Å²) in [5.41, 5.74) is 2.45. The summed E-state index contributed by atoms with van der Waals surface area (Å²) in [6.45, 7) is 10.8. The number of fused-ring (bicyclic) bond motifs is 2. The number of piperidine rings is 1. The van der Waals surface area contributed by atoms with Gasteiger partial charge in [0.05, 0.1) is 10.4 Å². The Balaban J connectivity index is 1.60. The number of rotatable bonds is 3. The largest absolute Gasteiger partial charge is 0.343 e. The van der Waals surface area contributed by atoms with E-state index in [2.05, 4.69) is 54.6 Å². The SMILES string of the molecule is CC(C)CC(=O)N1CCC(C2c3c(cc(Br)c[n+]3O)CCC3C(C)C(C)C32)CC1. The summed E-state index contributed by atoms with van der Waals surface area (Å²) in [6, 6.07) is 2.22. The second kappa shape index (κ2) is 8.20. The summed E-state index contributed by atoms with van der Waals surface area (Å²) in [4.78, 5) is 14.6. The highest BCUT2D eigenvalue weighted by Gasteiger charge is 2.55. The fraction of sp³-hybridized carbons (Fsp3) is 0.750. The number of likely N-dealkylation sites (tertiary alicyclic amines) is 1. The third kappa shape index (κ3) is 3.84. The molecule has 1 saturated heterocycles. The summed E-state index contributed by atoms with van der Waals surface area (Å²) in [5.74, 6) is 4.51. The van der Waals surface area contributed by atoms with Gasteiger partial charge in [0, 0.05) is 29.8 Å². The van der Waals surface area contributed by atoms with Crippen LogP contribution in [0.1, 0.15) is 70.6 Å². The lowest BCUT2D eigenvalue weighted by Gasteiger charge is -2.53. The lowest BCUT2D eigenvalue weighted by Crippen LogP contribution is -2.52. The van der Waals surface area contributed by atoms with Crippen molar-refractivity contribution in [3.63, 3.8) is 0 Å². The molecule has 0 radical (unpaired) electrons. The van der Waals surface area contributed by atoms with Gasteiger partial charge in [-0.3, -0.25) is 10.0 Å². The van der Waals surface area contributed by atoms with Crippen LogP contribution in [0.2, 0.25) is 0 Å². The Morgan fingerprint density at radius 2 is 1.93 bits per heavy atom. The van der Waals surface area contributed by atoms with Crippen LogP contribution >= 0.6 is 15.9 Å². The van der Waals surface area contributed by atoms with Crippen LogP contribution in [0.15, 0.2) is 16.7 Å². The molecule has 0 spiro atoms. The minimum atomic E-state index is 0.310. The monoisotopic (exact) mass is 463 g/mol. The fourth-order valence-electron chi connectivity index (χ4n) is 6.59. The van der Waals surface area contributed by atoms with E-state index in [1.165, 1.54) is 16.7 Å². The molecule has 0 bridgehead atoms. The molecule has 1 saturated carbocycles. The number of nitrogens with zero attached hydrogens (tertiary/aromatic N) is 2. The average Bonchev–Trinajstić information content (AvgIpc) is 2.82. The molecule has 1 aromatic heterocycles. The average molecular weight is 464 g/mol. The maximum absolute atomic E-state index is 12.5. The molecule has 160 valence electrons. The van der Waals surface area contributed by atoms with Crippen molar-refractivity contribution in [3.8, 4) is 0 Å². The van der Waals surface area contributed by atoms with Crippen molar-refractivity contribution in [2.75, 3.05) is 13.1 Å². The molecular weight excluding hydrogens is 428 g/mol. The molecule has 1 amide bonds. The van der Waals surface area contributed by atoms with Crippen LogP contribution in [-0.2, 0) is 11.2 Å². The normalized spacial score (nSPS) is 32.3. The number of hydrogen-bond donors (Lipinski definition) is 1. The Morgan fingerprint density at radius 1 is 1.24 bits per heavy atom. The zero-order chi connectivity index (χ0) is 20.9. The first-order valence-electron chi connectivity index (χ1n) is 11.5. The van der Waals surface area contributed by atoms with E-state index in [1.807, 2.05) is 0 Å². The predicted molar refractivity (Wildman–Crippen MR) is 117 cm³/mol. The molecule has 29 heavy (non-hydrogen) atoms. The zero-order valence-electron chi connectivity index (χ0n) is 18.3. The first kappa shape index (κ1) is 21.1. The first-order chi connectivity index (χ1) is 13.8. The van der Waals surface area contributed by atoms with Gasteiger partial charge in [0.2, 0.25) is 17.8 Å². The number of hydrogen-bond acceptors (Lipinski definition) is 2. The summed E-state index contributed by atoms with van der Waals surface area (Å²) in [6.07, 6.45) is 6.83. The van der Waals surface area contributed by atoms with Crippen molar-refractivity contribution < 1.29 is 14.7 Å². The van der Waals surface area contributed by atoms with Crippen molar-refractivity contribution in [1.29, 1.82) is 0 Å². The van der Waals surface area contributed by atoms with E-state index in [1.54, 1.807) is 6.20 Å². The number of amides is 1. The van der Waals surface area contributed by atoms with E-state index >= 15 is 0 Å². The summed E-state index contributed by atoms with van der Waals surface area (Å²) >= 11 is 3.57. The third-order valence-electron chi connectivity index (χ3n) is 8.20. The van der Waals surface area contributed by atoms with Crippen LogP contribution < -0.4 is 4.73 Å². The van der Waals surface area contributed by atoms with Gasteiger partial charge in [-0.05, 0) is 83.2 Å². The highest BCUT2D eigenvalue weighted by Crippen LogP contribution is 2.58. The topological polar surface area (TPSA) is 44.4 Å². The first-order valence-corrected chi connectivity index (χ1v) is 12.3. The second-order valence-electron chi connectivity index (χ2n) is 10.3. The highest BCUT2D eigenvalue weighted by atomic mass is 79.9. The molecular formula is C24H36BrN2O2+.